The average molecular weight is 329 g/mol. The van der Waals surface area contributed by atoms with Crippen LogP contribution in [0.1, 0.15) is 45.2 Å². The molecule has 1 aliphatic rings. The van der Waals surface area contributed by atoms with Crippen molar-refractivity contribution >= 4 is 9.84 Å². The summed E-state index contributed by atoms with van der Waals surface area (Å²) in [5.41, 5.74) is 0.468. The molecule has 1 atom stereocenters. The second-order valence-corrected chi connectivity index (χ2v) is 8.82. The molecule has 0 spiro atoms. The van der Waals surface area contributed by atoms with Gasteiger partial charge in [-0.05, 0) is 45.0 Å². The maximum atomic E-state index is 13.5. The van der Waals surface area contributed by atoms with Crippen molar-refractivity contribution in [1.82, 2.24) is 5.32 Å². The summed E-state index contributed by atoms with van der Waals surface area (Å²) >= 11 is 0. The summed E-state index contributed by atoms with van der Waals surface area (Å²) < 4.78 is 42.4. The van der Waals surface area contributed by atoms with Crippen LogP contribution in [0.5, 0.6) is 5.75 Å². The molecule has 1 unspecified atom stereocenters. The Labute approximate surface area is 132 Å². The van der Waals surface area contributed by atoms with Gasteiger partial charge in [0.1, 0.15) is 27.0 Å². The number of hydrogen-bond donors (Lipinski definition) is 1. The Bertz CT molecular complexity index is 628. The SMILES string of the molecule is CCS(=O)(=O)CCCNC1CC(C)(C)Oc2ccc(F)cc21. The molecule has 0 saturated carbocycles. The lowest BCUT2D eigenvalue weighted by Crippen LogP contribution is -2.40. The maximum absolute atomic E-state index is 13.5. The van der Waals surface area contributed by atoms with Crippen molar-refractivity contribution in [1.29, 1.82) is 0 Å². The molecule has 0 saturated heterocycles. The third-order valence-corrected chi connectivity index (χ3v) is 5.68. The molecule has 1 N–H and O–H groups in total. The van der Waals surface area contributed by atoms with Gasteiger partial charge >= 0.3 is 0 Å². The zero-order valence-corrected chi connectivity index (χ0v) is 14.2. The Hall–Kier alpha value is -1.14. The molecule has 0 bridgehead atoms. The number of fused-ring (bicyclic) bond motifs is 1. The summed E-state index contributed by atoms with van der Waals surface area (Å²) in [5.74, 6) is 0.753. The highest BCUT2D eigenvalue weighted by Gasteiger charge is 2.33. The lowest BCUT2D eigenvalue weighted by atomic mass is 9.89. The van der Waals surface area contributed by atoms with Crippen LogP contribution >= 0.6 is 0 Å². The first kappa shape index (κ1) is 17.2. The molecule has 0 radical (unpaired) electrons. The fraction of sp³-hybridized carbons (Fsp3) is 0.625. The van der Waals surface area contributed by atoms with Crippen molar-refractivity contribution < 1.29 is 17.5 Å². The third-order valence-electron chi connectivity index (χ3n) is 3.89. The molecule has 4 nitrogen and oxygen atoms in total. The zero-order valence-electron chi connectivity index (χ0n) is 13.4. The first-order valence-corrected chi connectivity index (χ1v) is 9.47. The summed E-state index contributed by atoms with van der Waals surface area (Å²) in [5, 5.41) is 3.35. The highest BCUT2D eigenvalue weighted by molar-refractivity contribution is 7.91. The zero-order chi connectivity index (χ0) is 16.4. The van der Waals surface area contributed by atoms with Crippen LogP contribution in [0.15, 0.2) is 18.2 Å². The van der Waals surface area contributed by atoms with Gasteiger partial charge in [-0.1, -0.05) is 6.92 Å². The highest BCUT2D eigenvalue weighted by Crippen LogP contribution is 2.39. The molecule has 6 heteroatoms. The van der Waals surface area contributed by atoms with E-state index in [-0.39, 0.29) is 29.0 Å². The van der Waals surface area contributed by atoms with E-state index < -0.39 is 9.84 Å². The predicted molar refractivity (Wildman–Crippen MR) is 85.4 cm³/mol. The van der Waals surface area contributed by atoms with Crippen LogP contribution in [-0.2, 0) is 9.84 Å². The molecule has 1 aromatic carbocycles. The van der Waals surface area contributed by atoms with E-state index in [0.717, 1.165) is 5.56 Å². The second kappa shape index (κ2) is 6.54. The van der Waals surface area contributed by atoms with Crippen LogP contribution in [0.2, 0.25) is 0 Å². The van der Waals surface area contributed by atoms with Crippen molar-refractivity contribution in [2.45, 2.75) is 45.3 Å². The fourth-order valence-corrected chi connectivity index (χ4v) is 3.59. The van der Waals surface area contributed by atoms with E-state index in [4.69, 9.17) is 4.74 Å². The van der Waals surface area contributed by atoms with Crippen LogP contribution < -0.4 is 10.1 Å². The monoisotopic (exact) mass is 329 g/mol. The van der Waals surface area contributed by atoms with Gasteiger partial charge < -0.3 is 10.1 Å². The topological polar surface area (TPSA) is 55.4 Å². The highest BCUT2D eigenvalue weighted by atomic mass is 32.2. The predicted octanol–water partition coefficient (Wildman–Crippen LogP) is 2.84. The van der Waals surface area contributed by atoms with E-state index in [1.54, 1.807) is 13.0 Å². The van der Waals surface area contributed by atoms with Crippen molar-refractivity contribution in [2.75, 3.05) is 18.1 Å². The molecule has 22 heavy (non-hydrogen) atoms. The van der Waals surface area contributed by atoms with Crippen molar-refractivity contribution in [2.24, 2.45) is 0 Å². The van der Waals surface area contributed by atoms with Crippen molar-refractivity contribution in [3.63, 3.8) is 0 Å². The van der Waals surface area contributed by atoms with E-state index >= 15 is 0 Å². The molecule has 0 fully saturated rings. The minimum Gasteiger partial charge on any atom is -0.487 e. The largest absolute Gasteiger partial charge is 0.487 e. The second-order valence-electron chi connectivity index (χ2n) is 6.34. The van der Waals surface area contributed by atoms with Gasteiger partial charge in [-0.2, -0.15) is 0 Å². The summed E-state index contributed by atoms with van der Waals surface area (Å²) in [4.78, 5) is 0. The normalized spacial score (nSPS) is 20.3. The van der Waals surface area contributed by atoms with Gasteiger partial charge in [-0.15, -0.1) is 0 Å². The van der Waals surface area contributed by atoms with Crippen LogP contribution in [0.3, 0.4) is 0 Å². The quantitative estimate of drug-likeness (QED) is 0.816. The lowest BCUT2D eigenvalue weighted by Gasteiger charge is -2.38. The molecule has 1 aliphatic heterocycles. The van der Waals surface area contributed by atoms with E-state index in [0.29, 0.717) is 25.1 Å². The number of sulfone groups is 1. The van der Waals surface area contributed by atoms with Crippen LogP contribution in [-0.4, -0.2) is 32.1 Å². The number of halogens is 1. The molecular formula is C16H24FNO3S. The molecule has 1 aromatic rings. The van der Waals surface area contributed by atoms with Gasteiger partial charge in [0.05, 0.1) is 5.75 Å². The van der Waals surface area contributed by atoms with Crippen LogP contribution in [0.25, 0.3) is 0 Å². The van der Waals surface area contributed by atoms with Crippen molar-refractivity contribution in [3.8, 4) is 5.75 Å². The minimum absolute atomic E-state index is 0.0289. The summed E-state index contributed by atoms with van der Waals surface area (Å²) in [7, 11) is -2.94. The third kappa shape index (κ3) is 4.43. The maximum Gasteiger partial charge on any atom is 0.150 e. The van der Waals surface area contributed by atoms with E-state index in [1.807, 2.05) is 13.8 Å². The first-order chi connectivity index (χ1) is 10.2. The smallest absolute Gasteiger partial charge is 0.150 e. The summed E-state index contributed by atoms with van der Waals surface area (Å²) in [6.45, 7) is 6.23. The number of rotatable bonds is 6. The van der Waals surface area contributed by atoms with Gasteiger partial charge in [0.25, 0.3) is 0 Å². The number of benzene rings is 1. The summed E-state index contributed by atoms with van der Waals surface area (Å²) in [6, 6.07) is 4.51. The Kier molecular flexibility index (Phi) is 5.12. The Balaban J connectivity index is 2.03. The van der Waals surface area contributed by atoms with Gasteiger partial charge in [0, 0.05) is 23.8 Å². The Morgan fingerprint density at radius 1 is 1.41 bits per heavy atom. The Morgan fingerprint density at radius 3 is 2.82 bits per heavy atom. The molecule has 2 rings (SSSR count). The van der Waals surface area contributed by atoms with Gasteiger partial charge in [0.15, 0.2) is 0 Å². The van der Waals surface area contributed by atoms with Crippen LogP contribution in [0.4, 0.5) is 4.39 Å². The summed E-state index contributed by atoms with van der Waals surface area (Å²) in [6.07, 6.45) is 1.27. The minimum atomic E-state index is -2.94. The number of nitrogens with one attached hydrogen (secondary N) is 1. The van der Waals surface area contributed by atoms with Gasteiger partial charge in [-0.3, -0.25) is 0 Å². The fourth-order valence-electron chi connectivity index (χ4n) is 2.72. The molecule has 124 valence electrons. The van der Waals surface area contributed by atoms with E-state index in [2.05, 4.69) is 5.32 Å². The van der Waals surface area contributed by atoms with Crippen molar-refractivity contribution in [3.05, 3.63) is 29.6 Å². The first-order valence-electron chi connectivity index (χ1n) is 7.65. The van der Waals surface area contributed by atoms with E-state index in [9.17, 15) is 12.8 Å². The molecule has 0 amide bonds. The lowest BCUT2D eigenvalue weighted by molar-refractivity contribution is 0.0659. The molecule has 0 aromatic heterocycles. The van der Waals surface area contributed by atoms with Gasteiger partial charge in [-0.25, -0.2) is 12.8 Å². The Morgan fingerprint density at radius 2 is 2.14 bits per heavy atom. The van der Waals surface area contributed by atoms with E-state index in [1.165, 1.54) is 12.1 Å². The number of hydrogen-bond acceptors (Lipinski definition) is 4. The molecule has 0 aliphatic carbocycles. The van der Waals surface area contributed by atoms with Gasteiger partial charge in [0.2, 0.25) is 0 Å². The standard InChI is InChI=1S/C16H24FNO3S/c1-4-22(19,20)9-5-8-18-14-11-16(2,3)21-15-7-6-12(17)10-13(14)15/h6-7,10,14,18H,4-5,8-9,11H2,1-3H3. The molecular weight excluding hydrogens is 305 g/mol. The molecule has 1 heterocycles. The average Bonchev–Trinajstić information content (AvgIpc) is 2.43. The van der Waals surface area contributed by atoms with Crippen LogP contribution in [0, 0.1) is 5.82 Å². The number of ether oxygens (including phenoxy) is 1.